The molecular formula is C11H15F2NO. The summed E-state index contributed by atoms with van der Waals surface area (Å²) in [5, 5.41) is 2.60. The monoisotopic (exact) mass is 215 g/mol. The lowest BCUT2D eigenvalue weighted by molar-refractivity contribution is 0.102. The third kappa shape index (κ3) is 3.47. The van der Waals surface area contributed by atoms with Crippen LogP contribution < -0.4 is 10.1 Å². The van der Waals surface area contributed by atoms with Crippen LogP contribution in [0, 0.1) is 0 Å². The number of ether oxygens (including phenoxy) is 1. The molecule has 1 N–H and O–H groups in total. The predicted molar refractivity (Wildman–Crippen MR) is 55.5 cm³/mol. The van der Waals surface area contributed by atoms with Gasteiger partial charge >= 0.3 is 0 Å². The molecule has 4 heteroatoms. The molecule has 0 amide bonds. The second-order valence-corrected chi connectivity index (χ2v) is 3.29. The molecule has 1 aromatic carbocycles. The zero-order valence-electron chi connectivity index (χ0n) is 8.84. The van der Waals surface area contributed by atoms with Crippen LogP contribution in [0.15, 0.2) is 24.3 Å². The molecule has 0 heterocycles. The largest absolute Gasteiger partial charge is 0.497 e. The van der Waals surface area contributed by atoms with E-state index in [2.05, 4.69) is 5.32 Å². The van der Waals surface area contributed by atoms with Gasteiger partial charge in [-0.3, -0.25) is 0 Å². The summed E-state index contributed by atoms with van der Waals surface area (Å²) in [6.45, 7) is 0. The number of benzene rings is 1. The maximum atomic E-state index is 12.5. The van der Waals surface area contributed by atoms with Crippen LogP contribution >= 0.6 is 0 Å². The summed E-state index contributed by atoms with van der Waals surface area (Å²) in [4.78, 5) is 0. The Morgan fingerprint density at radius 3 is 2.67 bits per heavy atom. The molecule has 1 rings (SSSR count). The van der Waals surface area contributed by atoms with Gasteiger partial charge in [-0.05, 0) is 31.2 Å². The van der Waals surface area contributed by atoms with Crippen molar-refractivity contribution in [3.05, 3.63) is 29.8 Å². The fourth-order valence-corrected chi connectivity index (χ4v) is 1.37. The lowest BCUT2D eigenvalue weighted by Gasteiger charge is -2.15. The van der Waals surface area contributed by atoms with E-state index in [0.717, 1.165) is 5.56 Å². The van der Waals surface area contributed by atoms with Gasteiger partial charge in [-0.25, -0.2) is 8.78 Å². The predicted octanol–water partition coefficient (Wildman–Crippen LogP) is 2.09. The number of rotatable bonds is 5. The van der Waals surface area contributed by atoms with Crippen LogP contribution in [0.25, 0.3) is 0 Å². The van der Waals surface area contributed by atoms with Gasteiger partial charge in [0.25, 0.3) is 6.43 Å². The van der Waals surface area contributed by atoms with Crippen molar-refractivity contribution in [1.29, 1.82) is 0 Å². The molecule has 84 valence electrons. The molecule has 0 aliphatic rings. The molecule has 0 bridgehead atoms. The number of methoxy groups -OCH3 is 1. The number of alkyl halides is 2. The summed E-state index contributed by atoms with van der Waals surface area (Å²) < 4.78 is 30.0. The Balaban J connectivity index is 2.70. The van der Waals surface area contributed by atoms with Gasteiger partial charge < -0.3 is 10.1 Å². The number of halogens is 2. The van der Waals surface area contributed by atoms with Gasteiger partial charge in [-0.1, -0.05) is 12.1 Å². The second kappa shape index (κ2) is 5.66. The maximum absolute atomic E-state index is 12.5. The van der Waals surface area contributed by atoms with E-state index in [9.17, 15) is 8.78 Å². The van der Waals surface area contributed by atoms with Crippen molar-refractivity contribution in [1.82, 2.24) is 5.32 Å². The normalized spacial score (nSPS) is 12.9. The van der Waals surface area contributed by atoms with Crippen molar-refractivity contribution in [3.63, 3.8) is 0 Å². The molecule has 2 nitrogen and oxygen atoms in total. The van der Waals surface area contributed by atoms with E-state index in [0.29, 0.717) is 12.2 Å². The van der Waals surface area contributed by atoms with Crippen LogP contribution in [0.1, 0.15) is 5.56 Å². The summed E-state index contributed by atoms with van der Waals surface area (Å²) in [6.07, 6.45) is -2.06. The molecule has 0 aromatic heterocycles. The zero-order valence-corrected chi connectivity index (χ0v) is 8.84. The van der Waals surface area contributed by atoms with E-state index in [1.807, 2.05) is 6.07 Å². The zero-order chi connectivity index (χ0) is 11.3. The molecule has 0 fully saturated rings. The Bertz CT molecular complexity index is 304. The molecule has 0 radical (unpaired) electrons. The Kier molecular flexibility index (Phi) is 4.49. The van der Waals surface area contributed by atoms with Crippen LogP contribution in [0.5, 0.6) is 5.75 Å². The molecule has 0 spiro atoms. The molecule has 1 atom stereocenters. The van der Waals surface area contributed by atoms with Crippen molar-refractivity contribution in [3.8, 4) is 5.75 Å². The number of likely N-dealkylation sites (N-methyl/N-ethyl adjacent to an activating group) is 1. The molecular weight excluding hydrogens is 200 g/mol. The fourth-order valence-electron chi connectivity index (χ4n) is 1.37. The van der Waals surface area contributed by atoms with E-state index in [4.69, 9.17) is 4.74 Å². The standard InChI is InChI=1S/C11H15F2NO/c1-14-10(11(12)13)7-8-4-3-5-9(6-8)15-2/h3-6,10-11,14H,7H2,1-2H3. The summed E-state index contributed by atoms with van der Waals surface area (Å²) in [6, 6.07) is 6.37. The van der Waals surface area contributed by atoms with Gasteiger partial charge in [0.1, 0.15) is 5.75 Å². The molecule has 1 unspecified atom stereocenters. The Morgan fingerprint density at radius 1 is 1.40 bits per heavy atom. The maximum Gasteiger partial charge on any atom is 0.254 e. The third-order valence-electron chi connectivity index (χ3n) is 2.26. The molecule has 15 heavy (non-hydrogen) atoms. The van der Waals surface area contributed by atoms with Crippen molar-refractivity contribution < 1.29 is 13.5 Å². The van der Waals surface area contributed by atoms with Gasteiger partial charge in [-0.15, -0.1) is 0 Å². The fraction of sp³-hybridized carbons (Fsp3) is 0.455. The molecule has 0 saturated heterocycles. The Hall–Kier alpha value is -1.16. The van der Waals surface area contributed by atoms with Gasteiger partial charge in [0.15, 0.2) is 0 Å². The van der Waals surface area contributed by atoms with E-state index in [1.54, 1.807) is 25.3 Å². The van der Waals surface area contributed by atoms with E-state index < -0.39 is 12.5 Å². The second-order valence-electron chi connectivity index (χ2n) is 3.29. The first kappa shape index (κ1) is 11.9. The Labute approximate surface area is 88.3 Å². The lowest BCUT2D eigenvalue weighted by Crippen LogP contribution is -2.34. The minimum atomic E-state index is -2.36. The number of hydrogen-bond donors (Lipinski definition) is 1. The number of hydrogen-bond acceptors (Lipinski definition) is 2. The van der Waals surface area contributed by atoms with Crippen molar-refractivity contribution in [2.75, 3.05) is 14.2 Å². The van der Waals surface area contributed by atoms with Crippen molar-refractivity contribution >= 4 is 0 Å². The summed E-state index contributed by atoms with van der Waals surface area (Å²) in [7, 11) is 3.10. The van der Waals surface area contributed by atoms with Crippen LogP contribution in [0.4, 0.5) is 8.78 Å². The number of nitrogens with one attached hydrogen (secondary N) is 1. The van der Waals surface area contributed by atoms with Gasteiger partial charge in [-0.2, -0.15) is 0 Å². The molecule has 0 aliphatic carbocycles. The summed E-state index contributed by atoms with van der Waals surface area (Å²) in [5.74, 6) is 0.691. The highest BCUT2D eigenvalue weighted by molar-refractivity contribution is 5.29. The first-order valence-corrected chi connectivity index (χ1v) is 4.75. The van der Waals surface area contributed by atoms with Crippen LogP contribution in [0.3, 0.4) is 0 Å². The highest BCUT2D eigenvalue weighted by Crippen LogP contribution is 2.15. The SMILES string of the molecule is CNC(Cc1cccc(OC)c1)C(F)F. The minimum absolute atomic E-state index is 0.297. The lowest BCUT2D eigenvalue weighted by atomic mass is 10.1. The summed E-state index contributed by atoms with van der Waals surface area (Å²) >= 11 is 0. The molecule has 0 saturated carbocycles. The van der Waals surface area contributed by atoms with Crippen molar-refractivity contribution in [2.24, 2.45) is 0 Å². The van der Waals surface area contributed by atoms with Crippen LogP contribution in [0.2, 0.25) is 0 Å². The highest BCUT2D eigenvalue weighted by atomic mass is 19.3. The summed E-state index contributed by atoms with van der Waals surface area (Å²) in [5.41, 5.74) is 0.842. The first-order valence-electron chi connectivity index (χ1n) is 4.75. The van der Waals surface area contributed by atoms with Gasteiger partial charge in [0, 0.05) is 0 Å². The third-order valence-corrected chi connectivity index (χ3v) is 2.26. The quantitative estimate of drug-likeness (QED) is 0.812. The van der Waals surface area contributed by atoms with Crippen LogP contribution in [-0.4, -0.2) is 26.6 Å². The molecule has 0 aliphatic heterocycles. The Morgan fingerprint density at radius 2 is 2.13 bits per heavy atom. The first-order chi connectivity index (χ1) is 7.17. The van der Waals surface area contributed by atoms with Crippen molar-refractivity contribution in [2.45, 2.75) is 18.9 Å². The smallest absolute Gasteiger partial charge is 0.254 e. The average Bonchev–Trinajstić information content (AvgIpc) is 2.25. The molecule has 1 aromatic rings. The minimum Gasteiger partial charge on any atom is -0.497 e. The van der Waals surface area contributed by atoms with E-state index in [1.165, 1.54) is 7.05 Å². The van der Waals surface area contributed by atoms with Gasteiger partial charge in [0.05, 0.1) is 13.2 Å². The topological polar surface area (TPSA) is 21.3 Å². The van der Waals surface area contributed by atoms with Gasteiger partial charge in [0.2, 0.25) is 0 Å². The average molecular weight is 215 g/mol. The van der Waals surface area contributed by atoms with Crippen LogP contribution in [-0.2, 0) is 6.42 Å². The highest BCUT2D eigenvalue weighted by Gasteiger charge is 2.18. The van der Waals surface area contributed by atoms with E-state index in [-0.39, 0.29) is 0 Å². The van der Waals surface area contributed by atoms with E-state index >= 15 is 0 Å².